The van der Waals surface area contributed by atoms with Crippen LogP contribution in [0.4, 0.5) is 11.5 Å². The molecule has 0 aliphatic heterocycles. The van der Waals surface area contributed by atoms with Crippen molar-refractivity contribution in [3.05, 3.63) is 41.7 Å². The lowest BCUT2D eigenvalue weighted by Gasteiger charge is -2.05. The molecule has 0 saturated carbocycles. The maximum Gasteiger partial charge on any atom is 0.244 e. The van der Waals surface area contributed by atoms with Crippen LogP contribution < -0.4 is 10.6 Å². The number of hydrogen-bond donors (Lipinski definition) is 2. The van der Waals surface area contributed by atoms with E-state index in [0.717, 1.165) is 5.69 Å². The summed E-state index contributed by atoms with van der Waals surface area (Å²) in [5, 5.41) is 17.9. The predicted molar refractivity (Wildman–Crippen MR) is 69.5 cm³/mol. The number of hydrogen-bond acceptors (Lipinski definition) is 5. The van der Waals surface area contributed by atoms with E-state index in [0.29, 0.717) is 17.1 Å². The van der Waals surface area contributed by atoms with Gasteiger partial charge in [0.2, 0.25) is 5.91 Å². The quantitative estimate of drug-likeness (QED) is 0.871. The molecular formula is C13H12N4O2. The number of amides is 1. The second-order valence-corrected chi connectivity index (χ2v) is 3.91. The Morgan fingerprint density at radius 1 is 1.42 bits per heavy atom. The van der Waals surface area contributed by atoms with E-state index in [1.54, 1.807) is 37.3 Å². The van der Waals surface area contributed by atoms with Gasteiger partial charge in [-0.25, -0.2) is 0 Å². The summed E-state index contributed by atoms with van der Waals surface area (Å²) in [6.45, 7) is 1.86. The summed E-state index contributed by atoms with van der Waals surface area (Å²) < 4.78 is 4.84. The van der Waals surface area contributed by atoms with Crippen molar-refractivity contribution in [3.63, 3.8) is 0 Å². The molecule has 6 heteroatoms. The largest absolute Gasteiger partial charge is 0.376 e. The number of rotatable bonds is 4. The van der Waals surface area contributed by atoms with Crippen LogP contribution in [0.2, 0.25) is 0 Å². The fraction of sp³-hybridized carbons (Fsp3) is 0.154. The van der Waals surface area contributed by atoms with Gasteiger partial charge >= 0.3 is 0 Å². The molecule has 0 atom stereocenters. The third-order valence-electron chi connectivity index (χ3n) is 2.36. The maximum atomic E-state index is 11.6. The molecule has 0 aliphatic rings. The molecule has 2 rings (SSSR count). The highest BCUT2D eigenvalue weighted by atomic mass is 16.5. The lowest BCUT2D eigenvalue weighted by atomic mass is 10.2. The minimum absolute atomic E-state index is 0.109. The Balaban J connectivity index is 1.84. The Hall–Kier alpha value is -2.81. The maximum absolute atomic E-state index is 11.6. The van der Waals surface area contributed by atoms with Gasteiger partial charge in [0.1, 0.15) is 5.76 Å². The molecule has 0 fully saturated rings. The monoisotopic (exact) mass is 256 g/mol. The molecule has 0 bridgehead atoms. The van der Waals surface area contributed by atoms with Crippen molar-refractivity contribution in [3.8, 4) is 6.07 Å². The first-order chi connectivity index (χ1) is 9.17. The van der Waals surface area contributed by atoms with Crippen LogP contribution in [0.1, 0.15) is 11.3 Å². The third kappa shape index (κ3) is 3.57. The fourth-order valence-electron chi connectivity index (χ4n) is 1.46. The van der Waals surface area contributed by atoms with Crippen LogP contribution >= 0.6 is 0 Å². The first kappa shape index (κ1) is 12.6. The molecule has 0 saturated heterocycles. The van der Waals surface area contributed by atoms with Crippen molar-refractivity contribution in [2.75, 3.05) is 17.2 Å². The molecule has 0 radical (unpaired) electrons. The molecule has 6 nitrogen and oxygen atoms in total. The average Bonchev–Trinajstić information content (AvgIpc) is 2.82. The summed E-state index contributed by atoms with van der Waals surface area (Å²) in [6.07, 6.45) is 0. The summed E-state index contributed by atoms with van der Waals surface area (Å²) in [6, 6.07) is 10.5. The van der Waals surface area contributed by atoms with E-state index in [1.807, 2.05) is 6.07 Å². The van der Waals surface area contributed by atoms with E-state index >= 15 is 0 Å². The molecule has 2 N–H and O–H groups in total. The summed E-state index contributed by atoms with van der Waals surface area (Å²) >= 11 is 0. The molecular weight excluding hydrogens is 244 g/mol. The van der Waals surface area contributed by atoms with Crippen LogP contribution in [0.3, 0.4) is 0 Å². The van der Waals surface area contributed by atoms with Crippen LogP contribution in [-0.4, -0.2) is 17.6 Å². The van der Waals surface area contributed by atoms with E-state index in [4.69, 9.17) is 9.78 Å². The number of aromatic nitrogens is 1. The van der Waals surface area contributed by atoms with Crippen LogP contribution in [-0.2, 0) is 4.79 Å². The van der Waals surface area contributed by atoms with Crippen LogP contribution in [0, 0.1) is 18.3 Å². The van der Waals surface area contributed by atoms with E-state index in [-0.39, 0.29) is 12.5 Å². The van der Waals surface area contributed by atoms with Gasteiger partial charge in [0, 0.05) is 11.8 Å². The smallest absolute Gasteiger partial charge is 0.244 e. The van der Waals surface area contributed by atoms with Crippen molar-refractivity contribution >= 4 is 17.4 Å². The van der Waals surface area contributed by atoms with Crippen molar-refractivity contribution in [1.29, 1.82) is 5.26 Å². The van der Waals surface area contributed by atoms with E-state index in [9.17, 15) is 4.79 Å². The molecule has 0 spiro atoms. The summed E-state index contributed by atoms with van der Waals surface area (Å²) in [4.78, 5) is 11.6. The number of nitrogens with zero attached hydrogens (tertiary/aromatic N) is 2. The van der Waals surface area contributed by atoms with Gasteiger partial charge in [0.15, 0.2) is 5.82 Å². The van der Waals surface area contributed by atoms with Crippen LogP contribution in [0.5, 0.6) is 0 Å². The summed E-state index contributed by atoms with van der Waals surface area (Å²) in [5.41, 5.74) is 1.35. The number of anilines is 2. The lowest BCUT2D eigenvalue weighted by Crippen LogP contribution is -2.21. The third-order valence-corrected chi connectivity index (χ3v) is 2.36. The Morgan fingerprint density at radius 2 is 2.16 bits per heavy atom. The van der Waals surface area contributed by atoms with E-state index in [1.165, 1.54) is 0 Å². The van der Waals surface area contributed by atoms with Gasteiger partial charge in [0.05, 0.1) is 18.2 Å². The fourth-order valence-corrected chi connectivity index (χ4v) is 1.46. The van der Waals surface area contributed by atoms with Crippen molar-refractivity contribution in [2.45, 2.75) is 6.92 Å². The number of carbonyl (C=O) groups is 1. The lowest BCUT2D eigenvalue weighted by molar-refractivity contribution is -0.114. The van der Waals surface area contributed by atoms with Gasteiger partial charge in [-0.2, -0.15) is 5.26 Å². The zero-order chi connectivity index (χ0) is 13.7. The molecule has 0 unspecified atom stereocenters. The molecule has 0 aliphatic carbocycles. The van der Waals surface area contributed by atoms with E-state index in [2.05, 4.69) is 15.8 Å². The van der Waals surface area contributed by atoms with E-state index < -0.39 is 0 Å². The number of nitriles is 1. The Bertz CT molecular complexity index is 610. The molecule has 1 amide bonds. The minimum atomic E-state index is -0.224. The van der Waals surface area contributed by atoms with Gasteiger partial charge in [0.25, 0.3) is 0 Å². The molecule has 1 heterocycles. The van der Waals surface area contributed by atoms with Crippen molar-refractivity contribution < 1.29 is 9.32 Å². The van der Waals surface area contributed by atoms with Crippen LogP contribution in [0.25, 0.3) is 0 Å². The second-order valence-electron chi connectivity index (χ2n) is 3.91. The zero-order valence-corrected chi connectivity index (χ0v) is 10.3. The zero-order valence-electron chi connectivity index (χ0n) is 10.3. The molecule has 2 aromatic rings. The number of benzene rings is 1. The summed E-state index contributed by atoms with van der Waals surface area (Å²) in [5.74, 6) is 0.803. The normalized spacial score (nSPS) is 9.68. The van der Waals surface area contributed by atoms with Gasteiger partial charge in [-0.1, -0.05) is 5.16 Å². The predicted octanol–water partition coefficient (Wildman–Crippen LogP) is 1.91. The standard InChI is InChI=1S/C13H12N4O2/c1-9-6-12(17-19-9)16-13(18)8-15-11-4-2-10(7-14)3-5-11/h2-6,15H,8H2,1H3,(H,16,17,18). The van der Waals surface area contributed by atoms with Crippen LogP contribution in [0.15, 0.2) is 34.9 Å². The van der Waals surface area contributed by atoms with Crippen molar-refractivity contribution in [2.24, 2.45) is 0 Å². The Kier molecular flexibility index (Phi) is 3.78. The van der Waals surface area contributed by atoms with Gasteiger partial charge < -0.3 is 15.2 Å². The highest BCUT2D eigenvalue weighted by Crippen LogP contribution is 2.09. The molecule has 19 heavy (non-hydrogen) atoms. The molecule has 1 aromatic carbocycles. The first-order valence-electron chi connectivity index (χ1n) is 5.64. The number of carbonyl (C=O) groups excluding carboxylic acids is 1. The number of aryl methyl sites for hydroxylation is 1. The average molecular weight is 256 g/mol. The SMILES string of the molecule is Cc1cc(NC(=O)CNc2ccc(C#N)cc2)no1. The van der Waals surface area contributed by atoms with Gasteiger partial charge in [-0.05, 0) is 31.2 Å². The van der Waals surface area contributed by atoms with Gasteiger partial charge in [-0.3, -0.25) is 4.79 Å². The highest BCUT2D eigenvalue weighted by molar-refractivity contribution is 5.92. The Labute approximate surface area is 110 Å². The first-order valence-corrected chi connectivity index (χ1v) is 5.64. The highest BCUT2D eigenvalue weighted by Gasteiger charge is 2.05. The Morgan fingerprint density at radius 3 is 2.74 bits per heavy atom. The van der Waals surface area contributed by atoms with Crippen molar-refractivity contribution in [1.82, 2.24) is 5.16 Å². The number of nitrogens with one attached hydrogen (secondary N) is 2. The summed E-state index contributed by atoms with van der Waals surface area (Å²) in [7, 11) is 0. The van der Waals surface area contributed by atoms with Gasteiger partial charge in [-0.15, -0.1) is 0 Å². The molecule has 1 aromatic heterocycles. The molecule has 96 valence electrons. The second kappa shape index (κ2) is 5.69. The minimum Gasteiger partial charge on any atom is -0.376 e. The topological polar surface area (TPSA) is 91.0 Å².